The first-order valence-corrected chi connectivity index (χ1v) is 10.5. The predicted molar refractivity (Wildman–Crippen MR) is 101 cm³/mol. The molecule has 0 aliphatic carbocycles. The van der Waals surface area contributed by atoms with Gasteiger partial charge >= 0.3 is 7.12 Å². The van der Waals surface area contributed by atoms with Gasteiger partial charge in [-0.05, 0) is 51.7 Å². The first-order chi connectivity index (χ1) is 12.0. The fourth-order valence-corrected chi connectivity index (χ4v) is 3.98. The molecule has 1 aromatic carbocycles. The highest BCUT2D eigenvalue weighted by Gasteiger charge is 2.52. The van der Waals surface area contributed by atoms with Gasteiger partial charge in [0.05, 0.1) is 22.6 Å². The van der Waals surface area contributed by atoms with E-state index in [-0.39, 0.29) is 5.75 Å². The monoisotopic (exact) mass is 383 g/mol. The minimum atomic E-state index is -3.47. The number of sulfonamides is 1. The molecule has 0 amide bonds. The summed E-state index contributed by atoms with van der Waals surface area (Å²) in [7, 11) is -4.09. The molecule has 144 valence electrons. The van der Waals surface area contributed by atoms with E-state index >= 15 is 0 Å². The van der Waals surface area contributed by atoms with Gasteiger partial charge in [-0.1, -0.05) is 6.92 Å². The summed E-state index contributed by atoms with van der Waals surface area (Å²) >= 11 is 0. The van der Waals surface area contributed by atoms with E-state index in [1.54, 1.807) is 12.1 Å². The molecular weight excluding hydrogens is 357 g/mol. The molecule has 2 aliphatic rings. The Hall–Kier alpha value is -1.45. The third-order valence-electron chi connectivity index (χ3n) is 4.93. The van der Waals surface area contributed by atoms with Crippen molar-refractivity contribution in [2.45, 2.75) is 52.2 Å². The normalized spacial score (nSPS) is 20.9. The molecule has 2 aliphatic heterocycles. The number of anilines is 1. The summed E-state index contributed by atoms with van der Waals surface area (Å²) in [5.74, 6) is 0.914. The van der Waals surface area contributed by atoms with Crippen molar-refractivity contribution in [1.29, 1.82) is 0 Å². The Balaban J connectivity index is 1.99. The Morgan fingerprint density at radius 3 is 2.31 bits per heavy atom. The predicted octanol–water partition coefficient (Wildman–Crippen LogP) is 1.91. The van der Waals surface area contributed by atoms with Crippen molar-refractivity contribution in [3.05, 3.63) is 12.1 Å². The first-order valence-electron chi connectivity index (χ1n) is 8.84. The van der Waals surface area contributed by atoms with E-state index in [1.165, 1.54) is 0 Å². The second kappa shape index (κ2) is 6.62. The van der Waals surface area contributed by atoms with E-state index in [0.717, 1.165) is 0 Å². The molecule has 0 saturated carbocycles. The van der Waals surface area contributed by atoms with Gasteiger partial charge in [-0.15, -0.1) is 0 Å². The molecule has 1 aromatic rings. The van der Waals surface area contributed by atoms with Crippen LogP contribution >= 0.6 is 0 Å². The Morgan fingerprint density at radius 2 is 1.69 bits per heavy atom. The molecule has 1 fully saturated rings. The van der Waals surface area contributed by atoms with Crippen molar-refractivity contribution in [1.82, 2.24) is 0 Å². The minimum Gasteiger partial charge on any atom is -0.486 e. The highest BCUT2D eigenvalue weighted by Crippen LogP contribution is 2.40. The highest BCUT2D eigenvalue weighted by atomic mass is 32.2. The smallest absolute Gasteiger partial charge is 0.486 e. The molecule has 0 atom stereocenters. The highest BCUT2D eigenvalue weighted by molar-refractivity contribution is 7.92. The minimum absolute atomic E-state index is 0.0311. The zero-order chi connectivity index (χ0) is 19.2. The van der Waals surface area contributed by atoms with Gasteiger partial charge in [-0.3, -0.25) is 4.72 Å². The molecule has 0 bridgehead atoms. The number of hydrogen-bond acceptors (Lipinski definition) is 6. The lowest BCUT2D eigenvalue weighted by Crippen LogP contribution is -2.41. The molecule has 7 nitrogen and oxygen atoms in total. The molecular formula is C17H26BNO6S. The van der Waals surface area contributed by atoms with Crippen molar-refractivity contribution >= 4 is 28.3 Å². The van der Waals surface area contributed by atoms with Crippen LogP contribution in [0.4, 0.5) is 5.69 Å². The molecule has 2 heterocycles. The lowest BCUT2D eigenvalue weighted by Gasteiger charge is -2.32. The summed E-state index contributed by atoms with van der Waals surface area (Å²) < 4.78 is 50.6. The molecule has 1 saturated heterocycles. The topological polar surface area (TPSA) is 83.1 Å². The maximum Gasteiger partial charge on any atom is 0.495 e. The molecule has 0 spiro atoms. The van der Waals surface area contributed by atoms with Gasteiger partial charge in [0.15, 0.2) is 11.5 Å². The van der Waals surface area contributed by atoms with Crippen LogP contribution in [0, 0.1) is 0 Å². The van der Waals surface area contributed by atoms with E-state index in [1.807, 2.05) is 34.6 Å². The summed E-state index contributed by atoms with van der Waals surface area (Å²) in [6.45, 7) is 10.5. The molecule has 26 heavy (non-hydrogen) atoms. The van der Waals surface area contributed by atoms with Crippen molar-refractivity contribution < 1.29 is 27.2 Å². The Bertz CT molecular complexity index is 777. The number of nitrogens with one attached hydrogen (secondary N) is 1. The first kappa shape index (κ1) is 19.3. The maximum atomic E-state index is 12.3. The second-order valence-corrected chi connectivity index (χ2v) is 9.44. The summed E-state index contributed by atoms with van der Waals surface area (Å²) in [4.78, 5) is 0. The van der Waals surface area contributed by atoms with Crippen LogP contribution in [0.25, 0.3) is 0 Å². The lowest BCUT2D eigenvalue weighted by atomic mass is 9.78. The van der Waals surface area contributed by atoms with Crippen molar-refractivity contribution in [3.8, 4) is 11.5 Å². The SMILES string of the molecule is CCCS(=O)(=O)Nc1cc(B2OC(C)(C)C(C)(C)O2)cc2c1OCCO2. The molecule has 3 rings (SSSR count). The molecule has 0 unspecified atom stereocenters. The molecule has 0 radical (unpaired) electrons. The van der Waals surface area contributed by atoms with Crippen LogP contribution in [0.1, 0.15) is 41.0 Å². The summed E-state index contributed by atoms with van der Waals surface area (Å²) in [5.41, 5.74) is 0.0436. The third-order valence-corrected chi connectivity index (χ3v) is 6.40. The summed E-state index contributed by atoms with van der Waals surface area (Å²) in [6, 6.07) is 3.48. The Kier molecular flexibility index (Phi) is 4.92. The lowest BCUT2D eigenvalue weighted by molar-refractivity contribution is 0.00578. The third kappa shape index (κ3) is 3.65. The quantitative estimate of drug-likeness (QED) is 0.783. The van der Waals surface area contributed by atoms with E-state index in [9.17, 15) is 8.42 Å². The van der Waals surface area contributed by atoms with E-state index in [2.05, 4.69) is 4.72 Å². The summed E-state index contributed by atoms with van der Waals surface area (Å²) in [6.07, 6.45) is 0.520. The van der Waals surface area contributed by atoms with Gasteiger partial charge in [-0.25, -0.2) is 8.42 Å². The van der Waals surface area contributed by atoms with Gasteiger partial charge in [0, 0.05) is 0 Å². The van der Waals surface area contributed by atoms with Gasteiger partial charge in [0.2, 0.25) is 10.0 Å². The fraction of sp³-hybridized carbons (Fsp3) is 0.647. The number of rotatable bonds is 5. The standard InChI is InChI=1S/C17H26BNO6S/c1-6-9-26(20,21)19-13-10-12(11-14-15(13)23-8-7-22-14)18-24-16(2,3)17(4,5)25-18/h10-11,19H,6-9H2,1-5H3. The fourth-order valence-electron chi connectivity index (χ4n) is 2.85. The zero-order valence-electron chi connectivity index (χ0n) is 15.9. The number of ether oxygens (including phenoxy) is 2. The molecule has 0 aromatic heterocycles. The number of fused-ring (bicyclic) bond motifs is 1. The van der Waals surface area contributed by atoms with Crippen LogP contribution in [0.5, 0.6) is 11.5 Å². The zero-order valence-corrected chi connectivity index (χ0v) is 16.7. The van der Waals surface area contributed by atoms with E-state index in [0.29, 0.717) is 42.3 Å². The van der Waals surface area contributed by atoms with Gasteiger partial charge < -0.3 is 18.8 Å². The van der Waals surface area contributed by atoms with Crippen LogP contribution in [-0.4, -0.2) is 45.7 Å². The van der Waals surface area contributed by atoms with Crippen molar-refractivity contribution in [2.75, 3.05) is 23.7 Å². The van der Waals surface area contributed by atoms with Gasteiger partial charge in [0.25, 0.3) is 0 Å². The number of hydrogen-bond donors (Lipinski definition) is 1. The second-order valence-electron chi connectivity index (χ2n) is 7.60. The van der Waals surface area contributed by atoms with Crippen LogP contribution in [0.2, 0.25) is 0 Å². The summed E-state index contributed by atoms with van der Waals surface area (Å²) in [5, 5.41) is 0. The van der Waals surface area contributed by atoms with Crippen LogP contribution in [-0.2, 0) is 19.3 Å². The van der Waals surface area contributed by atoms with E-state index in [4.69, 9.17) is 18.8 Å². The van der Waals surface area contributed by atoms with Gasteiger partial charge in [-0.2, -0.15) is 0 Å². The van der Waals surface area contributed by atoms with Crippen LogP contribution < -0.4 is 19.7 Å². The Morgan fingerprint density at radius 1 is 1.08 bits per heavy atom. The van der Waals surface area contributed by atoms with E-state index < -0.39 is 28.3 Å². The maximum absolute atomic E-state index is 12.3. The van der Waals surface area contributed by atoms with Crippen LogP contribution in [0.3, 0.4) is 0 Å². The van der Waals surface area contributed by atoms with Crippen molar-refractivity contribution in [2.24, 2.45) is 0 Å². The number of benzene rings is 1. The average Bonchev–Trinajstić information content (AvgIpc) is 2.75. The average molecular weight is 383 g/mol. The largest absolute Gasteiger partial charge is 0.495 e. The Labute approximate surface area is 155 Å². The molecule has 9 heteroatoms. The van der Waals surface area contributed by atoms with Gasteiger partial charge in [0.1, 0.15) is 13.2 Å². The molecule has 1 N–H and O–H groups in total. The van der Waals surface area contributed by atoms with Crippen LogP contribution in [0.15, 0.2) is 12.1 Å². The van der Waals surface area contributed by atoms with Crippen molar-refractivity contribution in [3.63, 3.8) is 0 Å².